The highest BCUT2D eigenvalue weighted by atomic mass is 79.9. The Morgan fingerprint density at radius 3 is 1.18 bits per heavy atom. The Balaban J connectivity index is 0.000000123. The first-order valence-corrected chi connectivity index (χ1v) is 29.1. The molecular formula is C76H55B2BrN4. The lowest BCUT2D eigenvalue weighted by molar-refractivity contribution is 1.13. The number of hydrogen-bond acceptors (Lipinski definition) is 0. The number of nitrogens with one attached hydrogen (secondary N) is 1. The van der Waals surface area contributed by atoms with Crippen LogP contribution < -0.4 is 32.8 Å². The van der Waals surface area contributed by atoms with Gasteiger partial charge in [-0.25, -0.2) is 0 Å². The first-order valence-electron chi connectivity index (χ1n) is 28.3. The number of aromatic amines is 1. The zero-order valence-electron chi connectivity index (χ0n) is 45.6. The molecule has 0 radical (unpaired) electrons. The van der Waals surface area contributed by atoms with E-state index in [0.29, 0.717) is 0 Å². The van der Waals surface area contributed by atoms with E-state index >= 15 is 0 Å². The van der Waals surface area contributed by atoms with Crippen LogP contribution in [0.5, 0.6) is 0 Å². The Morgan fingerprint density at radius 2 is 0.663 bits per heavy atom. The van der Waals surface area contributed by atoms with Crippen molar-refractivity contribution in [1.29, 1.82) is 0 Å². The quantitative estimate of drug-likeness (QED) is 0.140. The summed E-state index contributed by atoms with van der Waals surface area (Å²) in [6.07, 6.45) is 4.33. The fourth-order valence-corrected chi connectivity index (χ4v) is 12.6. The second kappa shape index (κ2) is 22.8. The van der Waals surface area contributed by atoms with Gasteiger partial charge < -0.3 is 18.7 Å². The third-order valence-corrected chi connectivity index (χ3v) is 16.7. The van der Waals surface area contributed by atoms with E-state index in [9.17, 15) is 0 Å². The molecule has 1 N–H and O–H groups in total. The maximum Gasteiger partial charge on any atom is 0.241 e. The van der Waals surface area contributed by atoms with E-state index in [1.807, 2.05) is 6.07 Å². The van der Waals surface area contributed by atoms with Gasteiger partial charge in [0.1, 0.15) is 0 Å². The number of para-hydroxylation sites is 4. The van der Waals surface area contributed by atoms with Gasteiger partial charge in [0.25, 0.3) is 0 Å². The number of H-pyrrole nitrogens is 1. The average Bonchev–Trinajstić information content (AvgIpc) is 2.56. The van der Waals surface area contributed by atoms with Gasteiger partial charge >= 0.3 is 0 Å². The minimum Gasteiger partial charge on any atom is -0.354 e. The first kappa shape index (κ1) is 51.1. The summed E-state index contributed by atoms with van der Waals surface area (Å²) in [6, 6.07) is 112. The topological polar surface area (TPSA) is 30.6 Å². The van der Waals surface area contributed by atoms with Crippen molar-refractivity contribution in [3.05, 3.63) is 332 Å². The minimum atomic E-state index is 0.177. The molecule has 12 aromatic carbocycles. The molecule has 4 heterocycles. The molecule has 16 rings (SSSR count). The van der Waals surface area contributed by atoms with Crippen LogP contribution in [0.1, 0.15) is 0 Å². The van der Waals surface area contributed by atoms with Crippen molar-refractivity contribution in [2.75, 3.05) is 0 Å². The monoisotopic (exact) mass is 1120 g/mol. The van der Waals surface area contributed by atoms with Gasteiger partial charge in [0.2, 0.25) is 13.4 Å². The second-order valence-corrected chi connectivity index (χ2v) is 21.9. The van der Waals surface area contributed by atoms with Crippen LogP contribution >= 0.6 is 15.9 Å². The number of rotatable bonds is 9. The van der Waals surface area contributed by atoms with Gasteiger partial charge in [-0.3, -0.25) is 0 Å². The van der Waals surface area contributed by atoms with Gasteiger partial charge in [0.15, 0.2) is 0 Å². The first-order chi connectivity index (χ1) is 41.1. The molecule has 0 unspecified atom stereocenters. The summed E-state index contributed by atoms with van der Waals surface area (Å²) in [4.78, 5) is 3.57. The van der Waals surface area contributed by atoms with E-state index in [0.717, 1.165) is 4.47 Å². The molecule has 0 aliphatic heterocycles. The van der Waals surface area contributed by atoms with Gasteiger partial charge in [0.05, 0.1) is 27.6 Å². The minimum absolute atomic E-state index is 0.177. The maximum atomic E-state index is 3.57. The lowest BCUT2D eigenvalue weighted by Gasteiger charge is -2.17. The SMILES string of the molecule is Brc1ccc(B(c2ccccc2)c2ccccc2)cc1.c1ccc(-n2ccc3c4[nH]c5ccccc5c4ccc32)cc1.c1ccc(B(c2ccccc2)c2ccc(-n3c4ccccc4c4ccc5c(ccn5-c5ccccc5)c43)cc2)cc1. The van der Waals surface area contributed by atoms with E-state index in [4.69, 9.17) is 0 Å². The largest absolute Gasteiger partial charge is 0.354 e. The van der Waals surface area contributed by atoms with E-state index in [2.05, 4.69) is 356 Å². The Kier molecular flexibility index (Phi) is 14.0. The predicted molar refractivity (Wildman–Crippen MR) is 359 cm³/mol. The number of aromatic nitrogens is 4. The van der Waals surface area contributed by atoms with Crippen LogP contribution in [0, 0.1) is 0 Å². The molecule has 16 aromatic rings. The van der Waals surface area contributed by atoms with Crippen molar-refractivity contribution in [2.45, 2.75) is 0 Å². The summed E-state index contributed by atoms with van der Waals surface area (Å²) in [6.45, 7) is 0.460. The molecule has 0 amide bonds. The summed E-state index contributed by atoms with van der Waals surface area (Å²) in [5, 5.41) is 7.62. The third kappa shape index (κ3) is 9.96. The summed E-state index contributed by atoms with van der Waals surface area (Å²) in [7, 11) is 0. The Labute approximate surface area is 492 Å². The molecule has 0 saturated heterocycles. The Bertz CT molecular complexity index is 4750. The highest BCUT2D eigenvalue weighted by Crippen LogP contribution is 2.38. The Hall–Kier alpha value is -10.1. The van der Waals surface area contributed by atoms with Crippen molar-refractivity contribution < 1.29 is 0 Å². The molecule has 0 aliphatic rings. The smallest absolute Gasteiger partial charge is 0.241 e. The normalized spacial score (nSPS) is 11.2. The van der Waals surface area contributed by atoms with E-state index < -0.39 is 0 Å². The molecule has 0 spiro atoms. The number of halogens is 1. The second-order valence-electron chi connectivity index (χ2n) is 21.0. The number of nitrogens with zero attached hydrogens (tertiary/aromatic N) is 3. The molecule has 83 heavy (non-hydrogen) atoms. The number of hydrogen-bond donors (Lipinski definition) is 1. The molecular weight excluding hydrogens is 1070 g/mol. The summed E-state index contributed by atoms with van der Waals surface area (Å²) >= 11 is 3.51. The molecule has 392 valence electrons. The van der Waals surface area contributed by atoms with Gasteiger partial charge in [-0.2, -0.15) is 0 Å². The number of fused-ring (bicyclic) bond motifs is 10. The van der Waals surface area contributed by atoms with Crippen LogP contribution in [0.3, 0.4) is 0 Å². The van der Waals surface area contributed by atoms with Crippen molar-refractivity contribution in [3.8, 4) is 17.1 Å². The van der Waals surface area contributed by atoms with Gasteiger partial charge in [-0.1, -0.05) is 279 Å². The van der Waals surface area contributed by atoms with E-state index in [1.165, 1.54) is 115 Å². The fraction of sp³-hybridized carbons (Fsp3) is 0. The van der Waals surface area contributed by atoms with E-state index in [-0.39, 0.29) is 13.4 Å². The standard InChI is InChI=1S/C38H27BN2.C20H14N2.C18H14BBr/c1-4-12-28(13-5-1)39(29-14-6-2-7-15-29)30-20-22-32(23-21-30)41-37-19-11-10-18-33(37)34-24-25-36-35(38(34)41)26-27-40(36)31-16-8-3-9-17-31;1-2-6-14(7-3-1)22-13-12-17-19(22)11-10-16-15-8-4-5-9-18(15)21-20(16)17;20-18-13-11-17(12-14-18)19(15-7-3-1-4-8-15)16-9-5-2-6-10-16/h1-27H;1-13,21H;1-14H. The molecule has 0 aliphatic carbocycles. The summed E-state index contributed by atoms with van der Waals surface area (Å²) in [5.41, 5.74) is 18.7. The molecule has 7 heteroatoms. The molecule has 0 saturated carbocycles. The molecule has 4 aromatic heterocycles. The zero-order valence-corrected chi connectivity index (χ0v) is 47.1. The van der Waals surface area contributed by atoms with Gasteiger partial charge in [-0.05, 0) is 84.9 Å². The van der Waals surface area contributed by atoms with Crippen molar-refractivity contribution >= 4 is 128 Å². The van der Waals surface area contributed by atoms with Crippen molar-refractivity contribution in [3.63, 3.8) is 0 Å². The van der Waals surface area contributed by atoms with E-state index in [1.54, 1.807) is 0 Å². The van der Waals surface area contributed by atoms with Crippen LogP contribution in [-0.4, -0.2) is 32.1 Å². The van der Waals surface area contributed by atoms with Crippen LogP contribution in [-0.2, 0) is 0 Å². The van der Waals surface area contributed by atoms with Gasteiger partial charge in [0, 0.05) is 71.8 Å². The van der Waals surface area contributed by atoms with Crippen LogP contribution in [0.15, 0.2) is 332 Å². The fourth-order valence-electron chi connectivity index (χ4n) is 12.3. The predicted octanol–water partition coefficient (Wildman–Crippen LogP) is 15.5. The molecule has 4 nitrogen and oxygen atoms in total. The van der Waals surface area contributed by atoms with Crippen molar-refractivity contribution in [2.24, 2.45) is 0 Å². The molecule has 0 atom stereocenters. The highest BCUT2D eigenvalue weighted by molar-refractivity contribution is 9.10. The Morgan fingerprint density at radius 1 is 0.265 bits per heavy atom. The van der Waals surface area contributed by atoms with Crippen LogP contribution in [0.2, 0.25) is 0 Å². The number of benzene rings is 12. The van der Waals surface area contributed by atoms with Crippen molar-refractivity contribution in [1.82, 2.24) is 18.7 Å². The lowest BCUT2D eigenvalue weighted by atomic mass is 9.37. The highest BCUT2D eigenvalue weighted by Gasteiger charge is 2.24. The average molecular weight is 1130 g/mol. The molecule has 0 fully saturated rings. The molecule has 0 bridgehead atoms. The summed E-state index contributed by atoms with van der Waals surface area (Å²) in [5.74, 6) is 0. The van der Waals surface area contributed by atoms with Crippen LogP contribution in [0.4, 0.5) is 0 Å². The van der Waals surface area contributed by atoms with Gasteiger partial charge in [-0.15, -0.1) is 0 Å². The summed E-state index contributed by atoms with van der Waals surface area (Å²) < 4.78 is 8.07. The van der Waals surface area contributed by atoms with Crippen LogP contribution in [0.25, 0.3) is 82.5 Å². The maximum absolute atomic E-state index is 3.57. The lowest BCUT2D eigenvalue weighted by Crippen LogP contribution is -2.51. The third-order valence-electron chi connectivity index (χ3n) is 16.1. The zero-order chi connectivity index (χ0) is 55.5.